The number of halogens is 1. The Morgan fingerprint density at radius 3 is 2.45 bits per heavy atom. The number of aliphatic hydroxyl groups is 1. The van der Waals surface area contributed by atoms with E-state index in [-0.39, 0.29) is 17.0 Å². The minimum absolute atomic E-state index is 0.0208. The van der Waals surface area contributed by atoms with Crippen molar-refractivity contribution in [3.63, 3.8) is 0 Å². The van der Waals surface area contributed by atoms with E-state index in [1.54, 1.807) is 0 Å². The normalized spacial score (nSPS) is 15.6. The Morgan fingerprint density at radius 1 is 1.73 bits per heavy atom. The zero-order chi connectivity index (χ0) is 9.02. The van der Waals surface area contributed by atoms with E-state index in [0.29, 0.717) is 0 Å². The monoisotopic (exact) mass is 177 g/mol. The first-order valence-electron chi connectivity index (χ1n) is 3.19. The zero-order valence-corrected chi connectivity index (χ0v) is 7.18. The van der Waals surface area contributed by atoms with Gasteiger partial charge in [0.2, 0.25) is 0 Å². The molecule has 0 aliphatic rings. The van der Waals surface area contributed by atoms with Gasteiger partial charge in [-0.3, -0.25) is 0 Å². The van der Waals surface area contributed by atoms with Crippen LogP contribution in [0.25, 0.3) is 0 Å². The number of aliphatic hydroxyl groups excluding tert-OH is 1. The second kappa shape index (κ2) is 4.36. The lowest BCUT2D eigenvalue weighted by atomic mass is 10.2. The van der Waals surface area contributed by atoms with Gasteiger partial charge in [-0.05, 0) is 19.4 Å². The fraction of sp³-hybridized carbons (Fsp3) is 0.571. The van der Waals surface area contributed by atoms with Crippen LogP contribution in [0.3, 0.4) is 0 Å². The number of carboxylic acid groups (broad SMARTS) is 1. The predicted octanol–water partition coefficient (Wildman–Crippen LogP) is 0.0200. The highest BCUT2D eigenvalue weighted by atomic mass is 35.5. The molecular formula is C7H10ClO3-. The number of rotatable bonds is 3. The van der Waals surface area contributed by atoms with E-state index in [4.69, 9.17) is 16.7 Å². The van der Waals surface area contributed by atoms with Crippen molar-refractivity contribution < 1.29 is 15.0 Å². The molecule has 0 aromatic carbocycles. The SMILES string of the molecule is C/C(C(=O)[O-])=C(/Cl)CC(C)O. The standard InChI is InChI=1S/C7H11ClO3/c1-4(9)3-6(8)5(2)7(10)11/h4,9H,3H2,1-2H3,(H,10,11)/p-1/b6-5-. The molecule has 0 saturated carbocycles. The molecular weight excluding hydrogens is 168 g/mol. The molecule has 0 aliphatic heterocycles. The molecule has 1 unspecified atom stereocenters. The van der Waals surface area contributed by atoms with Gasteiger partial charge < -0.3 is 15.0 Å². The molecule has 11 heavy (non-hydrogen) atoms. The Morgan fingerprint density at radius 2 is 2.18 bits per heavy atom. The van der Waals surface area contributed by atoms with Gasteiger partial charge in [-0.25, -0.2) is 0 Å². The molecule has 0 fully saturated rings. The van der Waals surface area contributed by atoms with Gasteiger partial charge in [0.15, 0.2) is 0 Å². The van der Waals surface area contributed by atoms with Crippen molar-refractivity contribution in [3.8, 4) is 0 Å². The van der Waals surface area contributed by atoms with Crippen LogP contribution in [-0.4, -0.2) is 17.2 Å². The van der Waals surface area contributed by atoms with Crippen LogP contribution in [0.2, 0.25) is 0 Å². The molecule has 0 rings (SSSR count). The third-order valence-electron chi connectivity index (χ3n) is 1.19. The number of aliphatic carboxylic acids is 1. The van der Waals surface area contributed by atoms with Crippen LogP contribution in [0.4, 0.5) is 0 Å². The fourth-order valence-electron chi connectivity index (χ4n) is 0.523. The van der Waals surface area contributed by atoms with Gasteiger partial charge >= 0.3 is 0 Å². The van der Waals surface area contributed by atoms with Crippen molar-refractivity contribution >= 4 is 17.6 Å². The highest BCUT2D eigenvalue weighted by Crippen LogP contribution is 2.14. The summed E-state index contributed by atoms with van der Waals surface area (Å²) in [6.07, 6.45) is -0.474. The first-order chi connectivity index (χ1) is 4.95. The lowest BCUT2D eigenvalue weighted by molar-refractivity contribution is -0.299. The summed E-state index contributed by atoms with van der Waals surface area (Å²) in [5.74, 6) is -1.30. The summed E-state index contributed by atoms with van der Waals surface area (Å²) in [6, 6.07) is 0. The Kier molecular flexibility index (Phi) is 4.15. The van der Waals surface area contributed by atoms with Crippen LogP contribution in [0, 0.1) is 0 Å². The van der Waals surface area contributed by atoms with Crippen molar-refractivity contribution in [2.45, 2.75) is 26.4 Å². The highest BCUT2D eigenvalue weighted by molar-refractivity contribution is 6.31. The van der Waals surface area contributed by atoms with E-state index >= 15 is 0 Å². The molecule has 0 amide bonds. The van der Waals surface area contributed by atoms with Crippen molar-refractivity contribution in [3.05, 3.63) is 10.6 Å². The molecule has 0 aromatic heterocycles. The third-order valence-corrected chi connectivity index (χ3v) is 1.63. The van der Waals surface area contributed by atoms with Crippen LogP contribution >= 0.6 is 11.6 Å². The maximum atomic E-state index is 10.2. The molecule has 0 saturated heterocycles. The summed E-state index contributed by atoms with van der Waals surface area (Å²) < 4.78 is 0. The summed E-state index contributed by atoms with van der Waals surface area (Å²) in [5.41, 5.74) is -0.0208. The van der Waals surface area contributed by atoms with Crippen molar-refractivity contribution in [1.82, 2.24) is 0 Å². The van der Waals surface area contributed by atoms with E-state index in [2.05, 4.69) is 0 Å². The van der Waals surface area contributed by atoms with E-state index in [0.717, 1.165) is 0 Å². The molecule has 0 spiro atoms. The van der Waals surface area contributed by atoms with Gasteiger partial charge in [0, 0.05) is 11.5 Å². The Bertz CT molecular complexity index is 184. The van der Waals surface area contributed by atoms with Crippen molar-refractivity contribution in [2.24, 2.45) is 0 Å². The number of carbonyl (C=O) groups is 1. The average Bonchev–Trinajstić information content (AvgIpc) is 1.84. The zero-order valence-electron chi connectivity index (χ0n) is 6.43. The highest BCUT2D eigenvalue weighted by Gasteiger charge is 2.03. The minimum Gasteiger partial charge on any atom is -0.545 e. The van der Waals surface area contributed by atoms with Crippen molar-refractivity contribution in [2.75, 3.05) is 0 Å². The molecule has 1 atom stereocenters. The number of carboxylic acids is 1. The number of hydrogen-bond donors (Lipinski definition) is 1. The van der Waals surface area contributed by atoms with Crippen LogP contribution in [0.15, 0.2) is 10.6 Å². The second-order valence-corrected chi connectivity index (χ2v) is 2.83. The Balaban J connectivity index is 4.28. The lowest BCUT2D eigenvalue weighted by Gasteiger charge is -2.07. The number of hydrogen-bond acceptors (Lipinski definition) is 3. The minimum atomic E-state index is -1.30. The lowest BCUT2D eigenvalue weighted by Crippen LogP contribution is -2.24. The third kappa shape index (κ3) is 4.01. The van der Waals surface area contributed by atoms with E-state index < -0.39 is 12.1 Å². The second-order valence-electron chi connectivity index (χ2n) is 2.37. The summed E-state index contributed by atoms with van der Waals surface area (Å²) >= 11 is 5.52. The average molecular weight is 178 g/mol. The van der Waals surface area contributed by atoms with Gasteiger partial charge in [0.1, 0.15) is 0 Å². The molecule has 0 radical (unpaired) electrons. The quantitative estimate of drug-likeness (QED) is 0.619. The first kappa shape index (κ1) is 10.5. The Hall–Kier alpha value is -0.540. The van der Waals surface area contributed by atoms with E-state index in [1.165, 1.54) is 13.8 Å². The van der Waals surface area contributed by atoms with E-state index in [1.807, 2.05) is 0 Å². The van der Waals surface area contributed by atoms with Crippen LogP contribution in [0.5, 0.6) is 0 Å². The summed E-state index contributed by atoms with van der Waals surface area (Å²) in [6.45, 7) is 2.88. The maximum Gasteiger partial charge on any atom is 0.0683 e. The fourth-order valence-corrected chi connectivity index (χ4v) is 0.824. The topological polar surface area (TPSA) is 60.4 Å². The molecule has 0 bridgehead atoms. The van der Waals surface area contributed by atoms with Gasteiger partial charge in [-0.1, -0.05) is 11.6 Å². The molecule has 1 N–H and O–H groups in total. The Labute approximate surface area is 70.3 Å². The summed E-state index contributed by atoms with van der Waals surface area (Å²) in [7, 11) is 0. The summed E-state index contributed by atoms with van der Waals surface area (Å²) in [4.78, 5) is 10.2. The van der Waals surface area contributed by atoms with Gasteiger partial charge in [0.25, 0.3) is 0 Å². The van der Waals surface area contributed by atoms with Crippen LogP contribution in [-0.2, 0) is 4.79 Å². The smallest absolute Gasteiger partial charge is 0.0683 e. The van der Waals surface area contributed by atoms with Crippen LogP contribution < -0.4 is 5.11 Å². The van der Waals surface area contributed by atoms with Gasteiger partial charge in [-0.15, -0.1) is 0 Å². The van der Waals surface area contributed by atoms with Crippen molar-refractivity contribution in [1.29, 1.82) is 0 Å². The molecule has 4 heteroatoms. The van der Waals surface area contributed by atoms with Gasteiger partial charge in [-0.2, -0.15) is 0 Å². The number of carbonyl (C=O) groups excluding carboxylic acids is 1. The van der Waals surface area contributed by atoms with Crippen LogP contribution in [0.1, 0.15) is 20.3 Å². The maximum absolute atomic E-state index is 10.2. The summed E-state index contributed by atoms with van der Waals surface area (Å²) in [5, 5.41) is 19.1. The largest absolute Gasteiger partial charge is 0.545 e. The molecule has 0 aromatic rings. The molecule has 0 aliphatic carbocycles. The molecule has 0 heterocycles. The molecule has 3 nitrogen and oxygen atoms in total. The predicted molar refractivity (Wildman–Crippen MR) is 39.9 cm³/mol. The van der Waals surface area contributed by atoms with E-state index in [9.17, 15) is 9.90 Å². The molecule has 64 valence electrons. The van der Waals surface area contributed by atoms with Gasteiger partial charge in [0.05, 0.1) is 12.1 Å². The first-order valence-corrected chi connectivity index (χ1v) is 3.57.